The fourth-order valence-corrected chi connectivity index (χ4v) is 6.47. The van der Waals surface area contributed by atoms with Crippen molar-refractivity contribution >= 4 is 38.8 Å². The summed E-state index contributed by atoms with van der Waals surface area (Å²) in [6.45, 7) is 0. The lowest BCUT2D eigenvalue weighted by Gasteiger charge is -2.23. The quantitative estimate of drug-likeness (QED) is 0.236. The van der Waals surface area contributed by atoms with E-state index in [1.807, 2.05) is 0 Å². The van der Waals surface area contributed by atoms with Crippen molar-refractivity contribution in [2.24, 2.45) is 0 Å². The second-order valence-corrected chi connectivity index (χ2v) is 10.4. The normalized spacial score (nSPS) is 12.8. The lowest BCUT2D eigenvalue weighted by molar-refractivity contribution is 0.669. The molecule has 0 saturated heterocycles. The van der Waals surface area contributed by atoms with Crippen LogP contribution >= 0.6 is 0 Å². The Labute approximate surface area is 227 Å². The van der Waals surface area contributed by atoms with Crippen LogP contribution in [0.5, 0.6) is 0 Å². The molecular formula is C38H26O. The Bertz CT molecular complexity index is 2040. The van der Waals surface area contributed by atoms with Crippen LogP contribution in [0, 0.1) is 0 Å². The number of allylic oxidation sites excluding steroid dienone is 1. The van der Waals surface area contributed by atoms with Crippen LogP contribution in [0.15, 0.2) is 132 Å². The van der Waals surface area contributed by atoms with Crippen molar-refractivity contribution in [3.63, 3.8) is 0 Å². The van der Waals surface area contributed by atoms with Crippen molar-refractivity contribution in [1.29, 1.82) is 0 Å². The topological polar surface area (TPSA) is 13.1 Å². The number of rotatable bonds is 3. The molecule has 0 atom stereocenters. The van der Waals surface area contributed by atoms with Crippen LogP contribution in [0.3, 0.4) is 0 Å². The van der Waals surface area contributed by atoms with Gasteiger partial charge in [0.1, 0.15) is 11.2 Å². The zero-order valence-corrected chi connectivity index (χ0v) is 21.5. The van der Waals surface area contributed by atoms with Crippen LogP contribution in [0.25, 0.3) is 72.2 Å². The summed E-state index contributed by atoms with van der Waals surface area (Å²) in [6, 6.07) is 43.5. The standard InChI is InChI=1S/C38H26O/c1-3-12-25(13-4-1)28-20-11-21-35-38(28)33-24-27(22-23-34(33)39-35)37-31-18-9-7-16-29(31)36(26-14-5-2-6-15-26)30-17-8-10-19-32(30)37/h1-9,11-18,20-24H,10,19H2. The van der Waals surface area contributed by atoms with E-state index in [4.69, 9.17) is 4.42 Å². The molecule has 39 heavy (non-hydrogen) atoms. The first kappa shape index (κ1) is 22.1. The maximum Gasteiger partial charge on any atom is 0.136 e. The van der Waals surface area contributed by atoms with Gasteiger partial charge in [0.15, 0.2) is 0 Å². The number of hydrogen-bond acceptors (Lipinski definition) is 1. The average molecular weight is 499 g/mol. The molecule has 1 aliphatic carbocycles. The van der Waals surface area contributed by atoms with E-state index < -0.39 is 0 Å². The van der Waals surface area contributed by atoms with Gasteiger partial charge in [-0.3, -0.25) is 0 Å². The summed E-state index contributed by atoms with van der Waals surface area (Å²) in [4.78, 5) is 0. The van der Waals surface area contributed by atoms with Crippen LogP contribution in [-0.4, -0.2) is 0 Å². The molecule has 1 heterocycles. The average Bonchev–Trinajstić information content (AvgIpc) is 3.39. The predicted octanol–water partition coefficient (Wildman–Crippen LogP) is 10.7. The van der Waals surface area contributed by atoms with Gasteiger partial charge in [0.2, 0.25) is 0 Å². The molecule has 0 spiro atoms. The smallest absolute Gasteiger partial charge is 0.136 e. The van der Waals surface area contributed by atoms with Crippen LogP contribution in [0.1, 0.15) is 17.5 Å². The first-order valence-corrected chi connectivity index (χ1v) is 13.7. The van der Waals surface area contributed by atoms with E-state index in [0.29, 0.717) is 0 Å². The Morgan fingerprint density at radius 2 is 1.23 bits per heavy atom. The Hall–Kier alpha value is -4.88. The molecule has 0 unspecified atom stereocenters. The van der Waals surface area contributed by atoms with Crippen molar-refractivity contribution in [3.8, 4) is 33.4 Å². The molecule has 0 saturated carbocycles. The Morgan fingerprint density at radius 3 is 2.03 bits per heavy atom. The molecule has 184 valence electrons. The molecule has 0 fully saturated rings. The van der Waals surface area contributed by atoms with E-state index in [1.54, 1.807) is 0 Å². The third-order valence-corrected chi connectivity index (χ3v) is 8.14. The fraction of sp³-hybridized carbons (Fsp3) is 0.0526. The lowest BCUT2D eigenvalue weighted by Crippen LogP contribution is -2.02. The van der Waals surface area contributed by atoms with Crippen molar-refractivity contribution in [2.45, 2.75) is 12.8 Å². The second kappa shape index (κ2) is 8.85. The van der Waals surface area contributed by atoms with Gasteiger partial charge < -0.3 is 4.42 Å². The molecule has 1 nitrogen and oxygen atoms in total. The fourth-order valence-electron chi connectivity index (χ4n) is 6.47. The zero-order chi connectivity index (χ0) is 25.8. The van der Waals surface area contributed by atoms with Crippen molar-refractivity contribution < 1.29 is 4.42 Å². The summed E-state index contributed by atoms with van der Waals surface area (Å²) in [6.07, 6.45) is 6.76. The number of fused-ring (bicyclic) bond motifs is 5. The van der Waals surface area contributed by atoms with Gasteiger partial charge >= 0.3 is 0 Å². The maximum atomic E-state index is 6.37. The van der Waals surface area contributed by atoms with E-state index >= 15 is 0 Å². The summed E-state index contributed by atoms with van der Waals surface area (Å²) >= 11 is 0. The van der Waals surface area contributed by atoms with Crippen LogP contribution in [0.2, 0.25) is 0 Å². The maximum absolute atomic E-state index is 6.37. The van der Waals surface area contributed by atoms with Crippen LogP contribution in [-0.2, 0) is 6.42 Å². The molecule has 8 rings (SSSR count). The van der Waals surface area contributed by atoms with Gasteiger partial charge in [0.05, 0.1) is 0 Å². The molecule has 0 radical (unpaired) electrons. The van der Waals surface area contributed by atoms with Gasteiger partial charge in [-0.25, -0.2) is 0 Å². The minimum atomic E-state index is 0.927. The van der Waals surface area contributed by atoms with E-state index in [2.05, 4.69) is 133 Å². The van der Waals surface area contributed by atoms with Crippen LogP contribution < -0.4 is 0 Å². The highest BCUT2D eigenvalue weighted by Crippen LogP contribution is 2.46. The number of benzene rings is 6. The molecule has 0 amide bonds. The molecule has 0 aliphatic heterocycles. The third-order valence-electron chi connectivity index (χ3n) is 8.14. The highest BCUT2D eigenvalue weighted by molar-refractivity contribution is 6.15. The first-order chi connectivity index (χ1) is 19.4. The van der Waals surface area contributed by atoms with Gasteiger partial charge in [-0.2, -0.15) is 0 Å². The van der Waals surface area contributed by atoms with Gasteiger partial charge in [0, 0.05) is 10.8 Å². The molecular weight excluding hydrogens is 472 g/mol. The summed E-state index contributed by atoms with van der Waals surface area (Å²) in [5.74, 6) is 0. The lowest BCUT2D eigenvalue weighted by atomic mass is 9.80. The van der Waals surface area contributed by atoms with Gasteiger partial charge in [-0.1, -0.05) is 115 Å². The second-order valence-electron chi connectivity index (χ2n) is 10.4. The molecule has 7 aromatic rings. The Morgan fingerprint density at radius 1 is 0.513 bits per heavy atom. The Kier molecular flexibility index (Phi) is 5.03. The summed E-state index contributed by atoms with van der Waals surface area (Å²) in [5.41, 5.74) is 12.2. The monoisotopic (exact) mass is 498 g/mol. The molecule has 1 aromatic heterocycles. The van der Waals surface area contributed by atoms with E-state index in [0.717, 1.165) is 24.0 Å². The molecule has 1 heteroatoms. The van der Waals surface area contributed by atoms with E-state index in [9.17, 15) is 0 Å². The SMILES string of the molecule is C1=Cc2c(c(-c3ccc4oc5cccc(-c6ccccc6)c5c4c3)c3ccccc3c2-c2ccccc2)CC1. The van der Waals surface area contributed by atoms with Crippen molar-refractivity contribution in [3.05, 3.63) is 139 Å². The summed E-state index contributed by atoms with van der Waals surface area (Å²) in [7, 11) is 0. The highest BCUT2D eigenvalue weighted by Gasteiger charge is 2.22. The van der Waals surface area contributed by atoms with E-state index in [-0.39, 0.29) is 0 Å². The molecule has 6 aromatic carbocycles. The molecule has 1 aliphatic rings. The largest absolute Gasteiger partial charge is 0.456 e. The Balaban J connectivity index is 1.45. The van der Waals surface area contributed by atoms with Gasteiger partial charge in [-0.15, -0.1) is 0 Å². The van der Waals surface area contributed by atoms with Gasteiger partial charge in [0.25, 0.3) is 0 Å². The number of furan rings is 1. The van der Waals surface area contributed by atoms with Crippen molar-refractivity contribution in [1.82, 2.24) is 0 Å². The third kappa shape index (κ3) is 3.47. The molecule has 0 N–H and O–H groups in total. The van der Waals surface area contributed by atoms with Crippen molar-refractivity contribution in [2.75, 3.05) is 0 Å². The minimum absolute atomic E-state index is 0.927. The predicted molar refractivity (Wildman–Crippen MR) is 165 cm³/mol. The van der Waals surface area contributed by atoms with E-state index in [1.165, 1.54) is 66.1 Å². The summed E-state index contributed by atoms with van der Waals surface area (Å²) < 4.78 is 6.37. The molecule has 0 bridgehead atoms. The van der Waals surface area contributed by atoms with Crippen LogP contribution in [0.4, 0.5) is 0 Å². The first-order valence-electron chi connectivity index (χ1n) is 13.7. The summed E-state index contributed by atoms with van der Waals surface area (Å²) in [5, 5.41) is 4.95. The zero-order valence-electron chi connectivity index (χ0n) is 21.5. The van der Waals surface area contributed by atoms with Gasteiger partial charge in [-0.05, 0) is 86.3 Å². The number of hydrogen-bond donors (Lipinski definition) is 0. The highest BCUT2D eigenvalue weighted by atomic mass is 16.3. The minimum Gasteiger partial charge on any atom is -0.456 e.